The van der Waals surface area contributed by atoms with Gasteiger partial charge in [0.2, 0.25) is 0 Å². The van der Waals surface area contributed by atoms with E-state index in [0.717, 1.165) is 30.0 Å². The van der Waals surface area contributed by atoms with Crippen LogP contribution < -0.4 is 5.32 Å². The average molecular weight is 286 g/mol. The number of aromatic nitrogens is 2. The Morgan fingerprint density at radius 2 is 2.38 bits per heavy atom. The van der Waals surface area contributed by atoms with Gasteiger partial charge in [-0.3, -0.25) is 4.68 Å². The maximum atomic E-state index is 4.34. The summed E-state index contributed by atoms with van der Waals surface area (Å²) in [5, 5.41) is 7.92. The Hall–Kier alpha value is -0.350. The molecule has 0 spiro atoms. The maximum Gasteiger partial charge on any atom is 0.0635 e. The molecule has 3 nitrogen and oxygen atoms in total. The second-order valence-electron chi connectivity index (χ2n) is 4.75. The highest BCUT2D eigenvalue weighted by Crippen LogP contribution is 2.21. The lowest BCUT2D eigenvalue weighted by molar-refractivity contribution is 0.485. The topological polar surface area (TPSA) is 29.9 Å². The van der Waals surface area contributed by atoms with Crippen molar-refractivity contribution in [3.63, 3.8) is 0 Å². The van der Waals surface area contributed by atoms with Crippen LogP contribution in [0.3, 0.4) is 0 Å². The second kappa shape index (κ2) is 5.32. The van der Waals surface area contributed by atoms with Gasteiger partial charge in [-0.1, -0.05) is 6.92 Å². The highest BCUT2D eigenvalue weighted by Gasteiger charge is 2.21. The fourth-order valence-corrected chi connectivity index (χ4v) is 2.38. The van der Waals surface area contributed by atoms with E-state index in [1.165, 1.54) is 18.5 Å². The first kappa shape index (κ1) is 12.1. The van der Waals surface area contributed by atoms with Crippen molar-refractivity contribution >= 4 is 15.9 Å². The molecular formula is C12H20BrN3. The minimum Gasteiger partial charge on any atom is -0.314 e. The first-order chi connectivity index (χ1) is 7.70. The van der Waals surface area contributed by atoms with E-state index in [4.69, 9.17) is 0 Å². The third kappa shape index (κ3) is 3.08. The average Bonchev–Trinajstić information content (AvgIpc) is 3.03. The van der Waals surface area contributed by atoms with Gasteiger partial charge in [0, 0.05) is 12.6 Å². The predicted octanol–water partition coefficient (Wildman–Crippen LogP) is 2.60. The summed E-state index contributed by atoms with van der Waals surface area (Å²) in [4.78, 5) is 0. The van der Waals surface area contributed by atoms with Gasteiger partial charge in [-0.25, -0.2) is 0 Å². The number of nitrogens with one attached hydrogen (secondary N) is 1. The van der Waals surface area contributed by atoms with Crippen LogP contribution in [-0.2, 0) is 13.0 Å². The summed E-state index contributed by atoms with van der Waals surface area (Å²) in [6.07, 6.45) is 5.72. The van der Waals surface area contributed by atoms with Crippen molar-refractivity contribution in [3.8, 4) is 0 Å². The van der Waals surface area contributed by atoms with Crippen molar-refractivity contribution < 1.29 is 0 Å². The number of nitrogens with zero attached hydrogens (tertiary/aromatic N) is 2. The molecule has 1 aliphatic rings. The lowest BCUT2D eigenvalue weighted by Gasteiger charge is -2.13. The van der Waals surface area contributed by atoms with Crippen molar-refractivity contribution in [1.29, 1.82) is 0 Å². The van der Waals surface area contributed by atoms with Crippen molar-refractivity contribution in [2.24, 2.45) is 5.92 Å². The van der Waals surface area contributed by atoms with Gasteiger partial charge < -0.3 is 5.32 Å². The third-order valence-electron chi connectivity index (χ3n) is 3.07. The van der Waals surface area contributed by atoms with Gasteiger partial charge >= 0.3 is 0 Å². The molecule has 0 aromatic carbocycles. The molecule has 1 aromatic heterocycles. The Bertz CT molecular complexity index is 344. The smallest absolute Gasteiger partial charge is 0.0635 e. The lowest BCUT2D eigenvalue weighted by atomic mass is 10.1. The summed E-state index contributed by atoms with van der Waals surface area (Å²) >= 11 is 3.58. The first-order valence-electron chi connectivity index (χ1n) is 6.14. The zero-order valence-electron chi connectivity index (χ0n) is 10.0. The molecule has 1 aromatic rings. The molecule has 16 heavy (non-hydrogen) atoms. The zero-order chi connectivity index (χ0) is 11.5. The van der Waals surface area contributed by atoms with Crippen LogP contribution >= 0.6 is 15.9 Å². The summed E-state index contributed by atoms with van der Waals surface area (Å²) in [5.41, 5.74) is 1.33. The van der Waals surface area contributed by atoms with Gasteiger partial charge in [-0.2, -0.15) is 5.10 Å². The summed E-state index contributed by atoms with van der Waals surface area (Å²) < 4.78 is 3.23. The van der Waals surface area contributed by atoms with E-state index < -0.39 is 0 Å². The van der Waals surface area contributed by atoms with Crippen LogP contribution in [0.1, 0.15) is 32.4 Å². The minimum atomic E-state index is 0.666. The van der Waals surface area contributed by atoms with Gasteiger partial charge in [-0.05, 0) is 54.6 Å². The summed E-state index contributed by atoms with van der Waals surface area (Å²) in [5.74, 6) is 0.666. The normalized spacial score (nSPS) is 17.7. The van der Waals surface area contributed by atoms with E-state index in [2.05, 4.69) is 44.9 Å². The molecule has 0 aliphatic heterocycles. The second-order valence-corrected chi connectivity index (χ2v) is 5.60. The molecular weight excluding hydrogens is 266 g/mol. The van der Waals surface area contributed by atoms with Crippen molar-refractivity contribution in [3.05, 3.63) is 16.4 Å². The number of rotatable bonds is 6. The van der Waals surface area contributed by atoms with E-state index in [1.807, 2.05) is 6.20 Å². The van der Waals surface area contributed by atoms with Crippen LogP contribution in [0, 0.1) is 5.92 Å². The quantitative estimate of drug-likeness (QED) is 0.871. The van der Waals surface area contributed by atoms with Crippen molar-refractivity contribution in [1.82, 2.24) is 15.1 Å². The van der Waals surface area contributed by atoms with Gasteiger partial charge in [0.05, 0.1) is 16.4 Å². The fourth-order valence-electron chi connectivity index (χ4n) is 1.92. The highest BCUT2D eigenvalue weighted by atomic mass is 79.9. The molecule has 0 amide bonds. The van der Waals surface area contributed by atoms with E-state index >= 15 is 0 Å². The standard InChI is InChI=1S/C12H20BrN3/c1-3-16-12(11(13)8-15-16)6-9(2)7-14-10-4-5-10/h8-10,14H,3-7H2,1-2H3. The molecule has 0 bridgehead atoms. The van der Waals surface area contributed by atoms with E-state index in [1.54, 1.807) is 0 Å². The SMILES string of the molecule is CCn1ncc(Br)c1CC(C)CNC1CC1. The third-order valence-corrected chi connectivity index (χ3v) is 3.73. The van der Waals surface area contributed by atoms with Crippen LogP contribution in [0.4, 0.5) is 0 Å². The highest BCUT2D eigenvalue weighted by molar-refractivity contribution is 9.10. The van der Waals surface area contributed by atoms with Crippen LogP contribution in [0.25, 0.3) is 0 Å². The summed E-state index contributed by atoms with van der Waals surface area (Å²) in [7, 11) is 0. The molecule has 90 valence electrons. The maximum absolute atomic E-state index is 4.34. The summed E-state index contributed by atoms with van der Waals surface area (Å²) in [6.45, 7) is 6.50. The predicted molar refractivity (Wildman–Crippen MR) is 69.5 cm³/mol. The molecule has 1 atom stereocenters. The molecule has 0 radical (unpaired) electrons. The first-order valence-corrected chi connectivity index (χ1v) is 6.93. The monoisotopic (exact) mass is 285 g/mol. The molecule has 1 saturated carbocycles. The fraction of sp³-hybridized carbons (Fsp3) is 0.750. The van der Waals surface area contributed by atoms with E-state index in [0.29, 0.717) is 5.92 Å². The summed E-state index contributed by atoms with van der Waals surface area (Å²) in [6, 6.07) is 0.807. The number of aryl methyl sites for hydroxylation is 1. The van der Waals surface area contributed by atoms with Gasteiger partial charge in [-0.15, -0.1) is 0 Å². The van der Waals surface area contributed by atoms with Crippen LogP contribution in [0.2, 0.25) is 0 Å². The van der Waals surface area contributed by atoms with Crippen molar-refractivity contribution in [2.75, 3.05) is 6.54 Å². The molecule has 1 heterocycles. The molecule has 1 unspecified atom stereocenters. The van der Waals surface area contributed by atoms with Crippen LogP contribution in [-0.4, -0.2) is 22.4 Å². The molecule has 2 rings (SSSR count). The largest absolute Gasteiger partial charge is 0.314 e. The molecule has 1 aliphatic carbocycles. The van der Waals surface area contributed by atoms with Crippen molar-refractivity contribution in [2.45, 2.75) is 45.7 Å². The number of halogens is 1. The zero-order valence-corrected chi connectivity index (χ0v) is 11.6. The molecule has 1 fully saturated rings. The Morgan fingerprint density at radius 3 is 3.00 bits per heavy atom. The lowest BCUT2D eigenvalue weighted by Crippen LogP contribution is -2.25. The molecule has 4 heteroatoms. The van der Waals surface area contributed by atoms with Gasteiger partial charge in [0.1, 0.15) is 0 Å². The Kier molecular flexibility index (Phi) is 4.03. The molecule has 1 N–H and O–H groups in total. The Balaban J connectivity index is 1.87. The Labute approximate surface area is 106 Å². The number of hydrogen-bond acceptors (Lipinski definition) is 2. The Morgan fingerprint density at radius 1 is 1.62 bits per heavy atom. The van der Waals surface area contributed by atoms with Crippen LogP contribution in [0.15, 0.2) is 10.7 Å². The van der Waals surface area contributed by atoms with Gasteiger partial charge in [0.15, 0.2) is 0 Å². The van der Waals surface area contributed by atoms with E-state index in [-0.39, 0.29) is 0 Å². The van der Waals surface area contributed by atoms with Gasteiger partial charge in [0.25, 0.3) is 0 Å². The van der Waals surface area contributed by atoms with Crippen LogP contribution in [0.5, 0.6) is 0 Å². The molecule has 0 saturated heterocycles. The van der Waals surface area contributed by atoms with E-state index in [9.17, 15) is 0 Å². The minimum absolute atomic E-state index is 0.666. The number of hydrogen-bond donors (Lipinski definition) is 1.